The molecule has 0 saturated heterocycles. The van der Waals surface area contributed by atoms with Crippen LogP contribution in [0.1, 0.15) is 68.2 Å². The van der Waals surface area contributed by atoms with E-state index in [0.717, 1.165) is 112 Å². The van der Waals surface area contributed by atoms with E-state index < -0.39 is 20.6 Å². The number of para-hydroxylation sites is 4. The van der Waals surface area contributed by atoms with Crippen LogP contribution in [0.15, 0.2) is 201 Å². The summed E-state index contributed by atoms with van der Waals surface area (Å²) in [7, 11) is 7.69. The van der Waals surface area contributed by atoms with Gasteiger partial charge < -0.3 is 17.7 Å². The molecule has 0 aliphatic carbocycles. The van der Waals surface area contributed by atoms with Gasteiger partial charge in [-0.3, -0.25) is 19.2 Å². The number of rotatable bonds is 4. The van der Waals surface area contributed by atoms with Gasteiger partial charge in [0.1, 0.15) is 45.1 Å². The number of hydrogen-bond acceptors (Lipinski definition) is 8. The van der Waals surface area contributed by atoms with Gasteiger partial charge in [0.15, 0.2) is 0 Å². The number of benzene rings is 4. The summed E-state index contributed by atoms with van der Waals surface area (Å²) in [6.45, 7) is 8.24. The molecule has 0 fully saturated rings. The minimum absolute atomic E-state index is 0.00612. The molecular weight excluding hydrogens is 1110 g/mol. The van der Waals surface area contributed by atoms with E-state index in [9.17, 15) is 0 Å². The zero-order valence-electron chi connectivity index (χ0n) is 61.7. The third-order valence-corrected chi connectivity index (χ3v) is 17.8. The van der Waals surface area contributed by atoms with Gasteiger partial charge in [-0.25, -0.2) is 18.3 Å². The zero-order valence-corrected chi connectivity index (χ0v) is 52.7. The van der Waals surface area contributed by atoms with Crippen LogP contribution < -0.4 is 60.0 Å². The molecule has 0 N–H and O–H groups in total. The van der Waals surface area contributed by atoms with Crippen molar-refractivity contribution < 1.29 is 48.3 Å². The van der Waals surface area contributed by atoms with Crippen LogP contribution in [0.5, 0.6) is 0 Å². The summed E-state index contributed by atoms with van der Waals surface area (Å²) in [4.78, 5) is 8.62. The van der Waals surface area contributed by atoms with Gasteiger partial charge in [0.05, 0.1) is 77.8 Å². The lowest BCUT2D eigenvalue weighted by atomic mass is 9.54. The molecule has 0 spiro atoms. The number of aromatic nitrogens is 4. The predicted molar refractivity (Wildman–Crippen MR) is 375 cm³/mol. The van der Waals surface area contributed by atoms with Gasteiger partial charge in [-0.05, 0) is 157 Å². The Bertz CT molecular complexity index is 5260. The molecule has 444 valence electrons. The fraction of sp³-hybridized carbons (Fsp3) is 0.189. The Balaban J connectivity index is 0.000000119. The van der Waals surface area contributed by atoms with Crippen molar-refractivity contribution in [1.82, 2.24) is 0 Å². The first kappa shape index (κ1) is 49.0. The number of aryl methyl sites for hydroxylation is 10. The molecule has 90 heavy (non-hydrogen) atoms. The van der Waals surface area contributed by atoms with Crippen molar-refractivity contribution in [1.29, 1.82) is 0 Å². The molecule has 16 rings (SSSR count). The molecule has 0 radical (unpaired) electrons. The highest BCUT2D eigenvalue weighted by Gasteiger charge is 2.41. The molecule has 0 saturated carbocycles. The Hall–Kier alpha value is -9.94. The lowest BCUT2D eigenvalue weighted by Crippen LogP contribution is -2.50. The Kier molecular flexibility index (Phi) is 13.0. The second kappa shape index (κ2) is 23.9. The van der Waals surface area contributed by atoms with E-state index in [2.05, 4.69) is 138 Å². The first-order chi connectivity index (χ1) is 47.0. The Morgan fingerprint density at radius 3 is 1.22 bits per heavy atom. The quantitative estimate of drug-likeness (QED) is 0.127. The number of nitrogens with zero attached hydrogens (tertiary/aromatic N) is 8. The molecule has 16 heteroatoms. The summed E-state index contributed by atoms with van der Waals surface area (Å²) in [6.07, 6.45) is 23.6. The van der Waals surface area contributed by atoms with Crippen molar-refractivity contribution in [2.75, 3.05) is 19.2 Å². The normalized spacial score (nSPS) is 15.7. The summed E-state index contributed by atoms with van der Waals surface area (Å²) in [5, 5.41) is 4.53. The van der Waals surface area contributed by atoms with Gasteiger partial charge in [0.25, 0.3) is 23.3 Å². The number of anilines is 4. The molecule has 0 amide bonds. The molecule has 4 aliphatic rings. The average molecular weight is 1190 g/mol. The van der Waals surface area contributed by atoms with E-state index in [4.69, 9.17) is 30.0 Å². The molecule has 12 aromatic rings. The number of pyridine rings is 4. The summed E-state index contributed by atoms with van der Waals surface area (Å²) in [5.74, 6) is 4.81. The van der Waals surface area contributed by atoms with Gasteiger partial charge >= 0.3 is 27.4 Å². The van der Waals surface area contributed by atoms with Crippen molar-refractivity contribution in [3.05, 3.63) is 239 Å². The first-order valence-electron chi connectivity index (χ1n) is 35.0. The molecule has 0 bridgehead atoms. The summed E-state index contributed by atoms with van der Waals surface area (Å²) in [6, 6.07) is 44.0. The van der Waals surface area contributed by atoms with E-state index in [1.807, 2.05) is 158 Å². The number of hydrogen-bond donors (Lipinski definition) is 0. The monoisotopic (exact) mass is 1190 g/mol. The van der Waals surface area contributed by atoms with Crippen LogP contribution >= 0.6 is 0 Å². The molecule has 0 unspecified atom stereocenters. The van der Waals surface area contributed by atoms with Crippen LogP contribution in [0.4, 0.5) is 23.3 Å². The van der Waals surface area contributed by atoms with Gasteiger partial charge in [0.2, 0.25) is 0 Å². The smallest absolute Gasteiger partial charge is 0.447 e. The van der Waals surface area contributed by atoms with Crippen molar-refractivity contribution in [2.45, 2.75) is 68.6 Å². The van der Waals surface area contributed by atoms with Crippen LogP contribution in [-0.4, -0.2) is 27.4 Å². The molecule has 12 nitrogen and oxygen atoms in total. The van der Waals surface area contributed by atoms with Crippen LogP contribution in [0.25, 0.3) is 68.2 Å². The third-order valence-electron chi connectivity index (χ3n) is 17.8. The fourth-order valence-electron chi connectivity index (χ4n) is 12.9. The lowest BCUT2D eigenvalue weighted by Gasteiger charge is -2.22. The fourth-order valence-corrected chi connectivity index (χ4v) is 12.9. The summed E-state index contributed by atoms with van der Waals surface area (Å²) in [5.41, 5.74) is 14.9. The van der Waals surface area contributed by atoms with E-state index in [1.165, 1.54) is 16.5 Å². The first-order valence-corrected chi connectivity index (χ1v) is 30.5. The second-order valence-corrected chi connectivity index (χ2v) is 23.8. The highest BCUT2D eigenvalue weighted by Crippen LogP contribution is 2.31. The standard InChI is InChI=1S/2C19H20BN2O.2C18H18BN2O/c1-13-11-18(21(4)12-14(13)2)22-10-9-16-15-7-5-6-8-17(15)23-19(16)20(22)3;1-13-11-18(21(4)12-14(13)2)22-10-9-17-19(20(22)3)15-7-5-6-8-16(15)23-17;1-13-8-10-20(3)17(12-13)21-11-9-15-14-6-4-5-7-16(14)22-18(15)19(21)2;1-13-8-9-17(20(3)12-13)21-11-10-15-14-6-4-5-7-16(14)22-18(15)19(21)2/h2*5-12H,1-4H3;2*4-12H,1-3H3/q4*+1/i2*2D3;;1D3. The topological polar surface area (TPSA) is 81.0 Å². The van der Waals surface area contributed by atoms with E-state index >= 15 is 0 Å². The Morgan fingerprint density at radius 2 is 0.767 bits per heavy atom. The minimum Gasteiger partial charge on any atom is -0.465 e. The van der Waals surface area contributed by atoms with Crippen molar-refractivity contribution in [3.8, 4) is 0 Å². The van der Waals surface area contributed by atoms with Crippen LogP contribution in [0, 0.1) is 41.3 Å². The van der Waals surface area contributed by atoms with E-state index in [0.29, 0.717) is 16.7 Å². The highest BCUT2D eigenvalue weighted by atomic mass is 16.3. The number of furan rings is 4. The lowest BCUT2D eigenvalue weighted by molar-refractivity contribution is -0.658. The molecule has 8 aromatic heterocycles. The van der Waals surface area contributed by atoms with Crippen LogP contribution in [0.2, 0.25) is 27.3 Å². The van der Waals surface area contributed by atoms with Crippen LogP contribution in [-0.2, 0) is 28.2 Å². The van der Waals surface area contributed by atoms with Crippen molar-refractivity contribution in [2.24, 2.45) is 28.2 Å². The molecule has 0 atom stereocenters. The number of fused-ring (bicyclic) bond motifs is 12. The van der Waals surface area contributed by atoms with Gasteiger partial charge in [0, 0.05) is 86.4 Å². The van der Waals surface area contributed by atoms with Gasteiger partial charge in [-0.1, -0.05) is 72.8 Å². The zero-order chi connectivity index (χ0) is 70.3. The Morgan fingerprint density at radius 1 is 0.367 bits per heavy atom. The largest absolute Gasteiger partial charge is 0.465 e. The minimum atomic E-state index is -2.12. The second-order valence-electron chi connectivity index (χ2n) is 23.8. The highest BCUT2D eigenvalue weighted by molar-refractivity contribution is 6.79. The molecule has 4 aliphatic heterocycles. The molecule has 4 aromatic carbocycles. The van der Waals surface area contributed by atoms with Crippen molar-refractivity contribution >= 4 is 141 Å². The predicted octanol–water partition coefficient (Wildman–Crippen LogP) is 12.2. The van der Waals surface area contributed by atoms with Gasteiger partial charge in [-0.15, -0.1) is 0 Å². The Labute approximate surface area is 542 Å². The SMILES string of the molecule is CB1c2oc3ccccc3c2C=CN1c1cc(C)cc[n+]1C.[2H]C([2H])([2H])c1c[n+](C)c(N2C=Cc3c(oc4ccccc34)B2C)cc1C.[2H]C([2H])([2H])c1c[n+](C)c(N2C=Cc3oc4ccccc4c3B2C)cc1C.[2H]C([2H])([2H])c1ccc(N2C=Cc3c(oc4ccccc34)B2C)[n+](C)c1. The van der Waals surface area contributed by atoms with Crippen LogP contribution in [0.3, 0.4) is 0 Å². The van der Waals surface area contributed by atoms with Gasteiger partial charge in [-0.2, -0.15) is 0 Å². The third kappa shape index (κ3) is 10.7. The maximum atomic E-state index is 7.71. The molecule has 12 heterocycles. The maximum Gasteiger partial charge on any atom is 0.447 e. The maximum absolute atomic E-state index is 7.71. The van der Waals surface area contributed by atoms with E-state index in [-0.39, 0.29) is 27.4 Å². The molecular formula is C74H76B4N8O4+4. The summed E-state index contributed by atoms with van der Waals surface area (Å²) < 4.78 is 101. The van der Waals surface area contributed by atoms with Crippen molar-refractivity contribution in [3.63, 3.8) is 0 Å². The average Bonchev–Trinajstić information content (AvgIpc) is 1.70. The van der Waals surface area contributed by atoms with E-state index in [1.54, 1.807) is 24.7 Å². The summed E-state index contributed by atoms with van der Waals surface area (Å²) >= 11 is 0.